The SMILES string of the molecule is CCc1c(C)cccc1-c1nc(C2=CCC(OC(C)C)C(C)=C2)ns1. The summed E-state index contributed by atoms with van der Waals surface area (Å²) in [5.41, 5.74) is 6.24. The van der Waals surface area contributed by atoms with Crippen molar-refractivity contribution in [2.45, 2.75) is 59.7 Å². The van der Waals surface area contributed by atoms with Gasteiger partial charge in [-0.05, 0) is 74.8 Å². The van der Waals surface area contributed by atoms with Gasteiger partial charge in [0.05, 0.1) is 12.2 Å². The Morgan fingerprint density at radius 1 is 1.28 bits per heavy atom. The van der Waals surface area contributed by atoms with Crippen LogP contribution in [0.1, 0.15) is 51.1 Å². The van der Waals surface area contributed by atoms with Crippen molar-refractivity contribution >= 4 is 17.1 Å². The summed E-state index contributed by atoms with van der Waals surface area (Å²) in [6, 6.07) is 6.41. The molecule has 1 aliphatic carbocycles. The van der Waals surface area contributed by atoms with E-state index in [0.29, 0.717) is 0 Å². The Hall–Kier alpha value is -1.78. The van der Waals surface area contributed by atoms with Gasteiger partial charge in [0.15, 0.2) is 5.82 Å². The van der Waals surface area contributed by atoms with E-state index in [2.05, 4.69) is 69.3 Å². The molecule has 0 N–H and O–H groups in total. The fourth-order valence-corrected chi connectivity index (χ4v) is 4.02. The molecule has 1 unspecified atom stereocenters. The predicted octanol–water partition coefficient (Wildman–Crippen LogP) is 5.60. The molecule has 2 aromatic rings. The van der Waals surface area contributed by atoms with Crippen molar-refractivity contribution in [2.24, 2.45) is 0 Å². The van der Waals surface area contributed by atoms with E-state index in [4.69, 9.17) is 9.72 Å². The first-order valence-corrected chi connectivity index (χ1v) is 9.73. The van der Waals surface area contributed by atoms with Crippen LogP contribution in [0.2, 0.25) is 0 Å². The van der Waals surface area contributed by atoms with Crippen molar-refractivity contribution in [2.75, 3.05) is 0 Å². The van der Waals surface area contributed by atoms with Gasteiger partial charge in [-0.2, -0.15) is 4.37 Å². The molecular weight excluding hydrogens is 328 g/mol. The molecule has 4 heteroatoms. The molecule has 0 fully saturated rings. The third-order valence-electron chi connectivity index (χ3n) is 4.56. The molecule has 1 aliphatic rings. The second kappa shape index (κ2) is 7.63. The summed E-state index contributed by atoms with van der Waals surface area (Å²) in [7, 11) is 0. The maximum absolute atomic E-state index is 5.95. The number of benzene rings is 1. The van der Waals surface area contributed by atoms with Gasteiger partial charge in [0, 0.05) is 11.1 Å². The zero-order chi connectivity index (χ0) is 18.0. The highest BCUT2D eigenvalue weighted by Gasteiger charge is 2.20. The van der Waals surface area contributed by atoms with Crippen LogP contribution in [-0.2, 0) is 11.2 Å². The molecule has 0 saturated heterocycles. The topological polar surface area (TPSA) is 35.0 Å². The van der Waals surface area contributed by atoms with Crippen molar-refractivity contribution in [3.63, 3.8) is 0 Å². The molecule has 25 heavy (non-hydrogen) atoms. The van der Waals surface area contributed by atoms with E-state index in [9.17, 15) is 0 Å². The van der Waals surface area contributed by atoms with Gasteiger partial charge in [0.25, 0.3) is 0 Å². The van der Waals surface area contributed by atoms with Crippen molar-refractivity contribution in [1.29, 1.82) is 0 Å². The molecule has 0 aliphatic heterocycles. The average Bonchev–Trinajstić information content (AvgIpc) is 3.06. The second-order valence-electron chi connectivity index (χ2n) is 6.83. The molecule has 0 saturated carbocycles. The van der Waals surface area contributed by atoms with Crippen LogP contribution in [0.3, 0.4) is 0 Å². The van der Waals surface area contributed by atoms with Gasteiger partial charge in [-0.3, -0.25) is 0 Å². The lowest BCUT2D eigenvalue weighted by Crippen LogP contribution is -2.20. The average molecular weight is 355 g/mol. The zero-order valence-electron chi connectivity index (χ0n) is 15.7. The normalized spacial score (nSPS) is 17.6. The number of nitrogens with zero attached hydrogens (tertiary/aromatic N) is 2. The summed E-state index contributed by atoms with van der Waals surface area (Å²) in [4.78, 5) is 4.83. The molecule has 3 nitrogen and oxygen atoms in total. The molecule has 1 aromatic carbocycles. The number of allylic oxidation sites excluding steroid dienone is 2. The molecule has 3 rings (SSSR count). The largest absolute Gasteiger partial charge is 0.371 e. The Labute approximate surface area is 154 Å². The summed E-state index contributed by atoms with van der Waals surface area (Å²) in [5.74, 6) is 0.825. The first kappa shape index (κ1) is 18.0. The van der Waals surface area contributed by atoms with Crippen LogP contribution in [-0.4, -0.2) is 21.6 Å². The Morgan fingerprint density at radius 3 is 2.76 bits per heavy atom. The number of aryl methyl sites for hydroxylation is 1. The second-order valence-corrected chi connectivity index (χ2v) is 7.59. The van der Waals surface area contributed by atoms with Crippen LogP contribution in [0.5, 0.6) is 0 Å². The van der Waals surface area contributed by atoms with Crippen molar-refractivity contribution < 1.29 is 4.74 Å². The van der Waals surface area contributed by atoms with Crippen LogP contribution in [0, 0.1) is 6.92 Å². The first-order valence-electron chi connectivity index (χ1n) is 8.96. The first-order chi connectivity index (χ1) is 12.0. The van der Waals surface area contributed by atoms with Crippen LogP contribution in [0.15, 0.2) is 35.9 Å². The molecular formula is C21H26N2OS. The van der Waals surface area contributed by atoms with E-state index in [1.165, 1.54) is 33.8 Å². The van der Waals surface area contributed by atoms with Gasteiger partial charge in [-0.15, -0.1) is 0 Å². The lowest BCUT2D eigenvalue weighted by atomic mass is 9.97. The predicted molar refractivity (Wildman–Crippen MR) is 106 cm³/mol. The minimum absolute atomic E-state index is 0.172. The third kappa shape index (κ3) is 3.91. The van der Waals surface area contributed by atoms with Crippen LogP contribution < -0.4 is 0 Å². The Morgan fingerprint density at radius 2 is 2.08 bits per heavy atom. The molecule has 0 spiro atoms. The highest BCUT2D eigenvalue weighted by Crippen LogP contribution is 2.32. The van der Waals surface area contributed by atoms with Crippen LogP contribution >= 0.6 is 11.5 Å². The smallest absolute Gasteiger partial charge is 0.173 e. The lowest BCUT2D eigenvalue weighted by molar-refractivity contribution is 0.0304. The summed E-state index contributed by atoms with van der Waals surface area (Å²) in [6.07, 6.45) is 6.66. The van der Waals surface area contributed by atoms with E-state index in [1.54, 1.807) is 0 Å². The Bertz CT molecular complexity index is 817. The van der Waals surface area contributed by atoms with E-state index in [1.807, 2.05) is 0 Å². The molecule has 0 radical (unpaired) electrons. The van der Waals surface area contributed by atoms with Gasteiger partial charge < -0.3 is 4.74 Å². The standard InChI is InChI=1S/C21H26N2OS/c1-6-17-14(4)8-7-9-18(17)21-22-20(23-25-21)16-10-11-19(15(5)12-16)24-13(2)3/h7-10,12-13,19H,6,11H2,1-5H3. The molecule has 0 amide bonds. The quantitative estimate of drug-likeness (QED) is 0.701. The molecule has 1 atom stereocenters. The van der Waals surface area contributed by atoms with Gasteiger partial charge in [0.1, 0.15) is 5.01 Å². The molecule has 1 aromatic heterocycles. The molecule has 132 valence electrons. The van der Waals surface area contributed by atoms with E-state index < -0.39 is 0 Å². The highest BCUT2D eigenvalue weighted by atomic mass is 32.1. The third-order valence-corrected chi connectivity index (χ3v) is 5.31. The summed E-state index contributed by atoms with van der Waals surface area (Å²) >= 11 is 1.48. The highest BCUT2D eigenvalue weighted by molar-refractivity contribution is 7.09. The Balaban J connectivity index is 1.86. The maximum Gasteiger partial charge on any atom is 0.173 e. The van der Waals surface area contributed by atoms with Gasteiger partial charge in [-0.1, -0.05) is 31.2 Å². The summed E-state index contributed by atoms with van der Waals surface area (Å²) in [6.45, 7) is 10.6. The number of hydrogen-bond donors (Lipinski definition) is 0. The number of aromatic nitrogens is 2. The van der Waals surface area contributed by atoms with Crippen LogP contribution in [0.25, 0.3) is 16.1 Å². The van der Waals surface area contributed by atoms with Gasteiger partial charge in [-0.25, -0.2) is 4.98 Å². The fraction of sp³-hybridized carbons (Fsp3) is 0.429. The summed E-state index contributed by atoms with van der Waals surface area (Å²) in [5, 5.41) is 1.00. The zero-order valence-corrected chi connectivity index (χ0v) is 16.5. The lowest BCUT2D eigenvalue weighted by Gasteiger charge is -2.23. The van der Waals surface area contributed by atoms with Crippen molar-refractivity contribution in [3.05, 3.63) is 52.9 Å². The van der Waals surface area contributed by atoms with Gasteiger partial charge in [0.2, 0.25) is 0 Å². The number of ether oxygens (including phenoxy) is 1. The Kier molecular flexibility index (Phi) is 5.50. The number of hydrogen-bond acceptors (Lipinski definition) is 4. The van der Waals surface area contributed by atoms with Crippen molar-refractivity contribution in [3.8, 4) is 10.6 Å². The van der Waals surface area contributed by atoms with Gasteiger partial charge >= 0.3 is 0 Å². The van der Waals surface area contributed by atoms with E-state index >= 15 is 0 Å². The maximum atomic E-state index is 5.95. The van der Waals surface area contributed by atoms with E-state index in [0.717, 1.165) is 29.2 Å². The van der Waals surface area contributed by atoms with Crippen LogP contribution in [0.4, 0.5) is 0 Å². The number of rotatable bonds is 5. The monoisotopic (exact) mass is 354 g/mol. The summed E-state index contributed by atoms with van der Waals surface area (Å²) < 4.78 is 10.6. The fourth-order valence-electron chi connectivity index (χ4n) is 3.29. The minimum atomic E-state index is 0.172. The molecule has 0 bridgehead atoms. The molecule has 1 heterocycles. The van der Waals surface area contributed by atoms with Crippen molar-refractivity contribution in [1.82, 2.24) is 9.36 Å². The van der Waals surface area contributed by atoms with E-state index in [-0.39, 0.29) is 12.2 Å². The minimum Gasteiger partial charge on any atom is -0.371 e.